The highest BCUT2D eigenvalue weighted by Gasteiger charge is 2.26. The number of carbonyl (C=O) groups excluding carboxylic acids is 1. The monoisotopic (exact) mass is 286 g/mol. The van der Waals surface area contributed by atoms with Crippen molar-refractivity contribution >= 4 is 5.91 Å². The lowest BCUT2D eigenvalue weighted by atomic mass is 9.84. The fraction of sp³-hybridized carbons (Fsp3) is 0.500. The zero-order chi connectivity index (χ0) is 14.7. The number of hydrogen-bond donors (Lipinski definition) is 2. The molecule has 2 rings (SSSR count). The molecule has 0 saturated heterocycles. The van der Waals surface area contributed by atoms with Gasteiger partial charge in [0.1, 0.15) is 0 Å². The molecule has 1 aliphatic rings. The lowest BCUT2D eigenvalue weighted by Crippen LogP contribution is -2.44. The largest absolute Gasteiger partial charge is 0.349 e. The molecule has 2 unspecified atom stereocenters. The topological polar surface area (TPSA) is 55.1 Å². The van der Waals surface area contributed by atoms with Crippen molar-refractivity contribution in [1.29, 1.82) is 0 Å². The highest BCUT2D eigenvalue weighted by atomic mass is 19.2. The van der Waals surface area contributed by atoms with Crippen molar-refractivity contribution in [2.75, 3.05) is 6.54 Å². The van der Waals surface area contributed by atoms with Crippen LogP contribution < -0.4 is 11.1 Å². The first-order valence-corrected chi connectivity index (χ1v) is 6.68. The van der Waals surface area contributed by atoms with Gasteiger partial charge in [0.25, 0.3) is 5.91 Å². The summed E-state index contributed by atoms with van der Waals surface area (Å²) >= 11 is 0. The van der Waals surface area contributed by atoms with Gasteiger partial charge in [0.05, 0.1) is 0 Å². The Labute approximate surface area is 115 Å². The zero-order valence-electron chi connectivity index (χ0n) is 11.0. The summed E-state index contributed by atoms with van der Waals surface area (Å²) in [6.45, 7) is 0.455. The third-order valence-electron chi connectivity index (χ3n) is 3.77. The van der Waals surface area contributed by atoms with E-state index in [1.807, 2.05) is 0 Å². The predicted octanol–water partition coefficient (Wildman–Crippen LogP) is 2.35. The smallest absolute Gasteiger partial charge is 0.251 e. The van der Waals surface area contributed by atoms with Crippen LogP contribution >= 0.6 is 0 Å². The van der Waals surface area contributed by atoms with Gasteiger partial charge >= 0.3 is 0 Å². The van der Waals surface area contributed by atoms with Crippen molar-refractivity contribution in [2.24, 2.45) is 11.7 Å². The zero-order valence-corrected chi connectivity index (χ0v) is 11.0. The molecule has 6 heteroatoms. The van der Waals surface area contributed by atoms with Crippen molar-refractivity contribution in [3.05, 3.63) is 35.1 Å². The average molecular weight is 286 g/mol. The molecule has 1 aromatic carbocycles. The number of nitrogens with one attached hydrogen (secondary N) is 1. The quantitative estimate of drug-likeness (QED) is 0.838. The van der Waals surface area contributed by atoms with Crippen molar-refractivity contribution in [3.63, 3.8) is 0 Å². The molecule has 20 heavy (non-hydrogen) atoms. The highest BCUT2D eigenvalue weighted by Crippen LogP contribution is 2.24. The molecule has 0 aromatic heterocycles. The molecule has 3 N–H and O–H groups in total. The minimum atomic E-state index is -1.57. The van der Waals surface area contributed by atoms with Gasteiger partial charge in [-0.25, -0.2) is 13.2 Å². The Morgan fingerprint density at radius 3 is 2.40 bits per heavy atom. The minimum absolute atomic E-state index is 0.0996. The molecule has 1 aliphatic carbocycles. The summed E-state index contributed by atoms with van der Waals surface area (Å²) < 4.78 is 39.1. The normalized spacial score (nSPS) is 22.6. The molecule has 0 bridgehead atoms. The van der Waals surface area contributed by atoms with Gasteiger partial charge in [-0.3, -0.25) is 4.79 Å². The molecular formula is C14H17F3N2O. The maximum Gasteiger partial charge on any atom is 0.251 e. The molecule has 1 fully saturated rings. The fourth-order valence-corrected chi connectivity index (χ4v) is 2.62. The first-order chi connectivity index (χ1) is 9.52. The van der Waals surface area contributed by atoms with E-state index in [9.17, 15) is 18.0 Å². The number of halogens is 3. The lowest BCUT2D eigenvalue weighted by molar-refractivity contribution is 0.0907. The van der Waals surface area contributed by atoms with Crippen LogP contribution in [0.3, 0.4) is 0 Å². The first kappa shape index (κ1) is 14.8. The number of carbonyl (C=O) groups is 1. The SMILES string of the molecule is NCC1CCCCC1NC(=O)c1cc(F)c(F)c(F)c1. The maximum atomic E-state index is 13.1. The van der Waals surface area contributed by atoms with Gasteiger partial charge in [0, 0.05) is 11.6 Å². The second kappa shape index (κ2) is 6.26. The first-order valence-electron chi connectivity index (χ1n) is 6.68. The standard InChI is InChI=1S/C14H17F3N2O/c15-10-5-9(6-11(16)13(10)17)14(20)19-12-4-2-1-3-8(12)7-18/h5-6,8,12H,1-4,7,18H2,(H,19,20). The van der Waals surface area contributed by atoms with Crippen molar-refractivity contribution in [1.82, 2.24) is 5.32 Å². The molecule has 110 valence electrons. The van der Waals surface area contributed by atoms with Crippen LogP contribution in [0.15, 0.2) is 12.1 Å². The summed E-state index contributed by atoms with van der Waals surface area (Å²) in [7, 11) is 0. The molecule has 1 saturated carbocycles. The summed E-state index contributed by atoms with van der Waals surface area (Å²) in [5, 5.41) is 2.74. The van der Waals surface area contributed by atoms with Crippen LogP contribution in [0.4, 0.5) is 13.2 Å². The Kier molecular flexibility index (Phi) is 4.65. The van der Waals surface area contributed by atoms with Gasteiger partial charge in [-0.2, -0.15) is 0 Å². The molecular weight excluding hydrogens is 269 g/mol. The third kappa shape index (κ3) is 3.12. The number of nitrogens with two attached hydrogens (primary N) is 1. The summed E-state index contributed by atoms with van der Waals surface area (Å²) in [5.74, 6) is -4.74. The van der Waals surface area contributed by atoms with Crippen LogP contribution in [-0.2, 0) is 0 Å². The molecule has 0 heterocycles. The van der Waals surface area contributed by atoms with Gasteiger partial charge in [-0.1, -0.05) is 12.8 Å². The highest BCUT2D eigenvalue weighted by molar-refractivity contribution is 5.94. The lowest BCUT2D eigenvalue weighted by Gasteiger charge is -2.31. The Balaban J connectivity index is 2.11. The minimum Gasteiger partial charge on any atom is -0.349 e. The van der Waals surface area contributed by atoms with Gasteiger partial charge in [-0.05, 0) is 37.4 Å². The fourth-order valence-electron chi connectivity index (χ4n) is 2.62. The van der Waals surface area contributed by atoms with Crippen LogP contribution in [0.1, 0.15) is 36.0 Å². The van der Waals surface area contributed by atoms with E-state index in [1.165, 1.54) is 0 Å². The number of amides is 1. The molecule has 0 spiro atoms. The van der Waals surface area contributed by atoms with E-state index in [0.717, 1.165) is 25.7 Å². The number of rotatable bonds is 3. The van der Waals surface area contributed by atoms with Gasteiger partial charge in [-0.15, -0.1) is 0 Å². The summed E-state index contributed by atoms with van der Waals surface area (Å²) in [5.41, 5.74) is 5.44. The van der Waals surface area contributed by atoms with E-state index in [0.29, 0.717) is 18.7 Å². The van der Waals surface area contributed by atoms with Crippen molar-refractivity contribution < 1.29 is 18.0 Å². The molecule has 3 nitrogen and oxygen atoms in total. The Morgan fingerprint density at radius 2 is 1.80 bits per heavy atom. The maximum absolute atomic E-state index is 13.1. The molecule has 1 aromatic rings. The van der Waals surface area contributed by atoms with Crippen LogP contribution in [0.5, 0.6) is 0 Å². The van der Waals surface area contributed by atoms with E-state index in [-0.39, 0.29) is 17.5 Å². The van der Waals surface area contributed by atoms with Crippen LogP contribution in [-0.4, -0.2) is 18.5 Å². The van der Waals surface area contributed by atoms with Crippen LogP contribution in [0.2, 0.25) is 0 Å². The summed E-state index contributed by atoms with van der Waals surface area (Å²) in [6, 6.07) is 1.31. The van der Waals surface area contributed by atoms with Crippen LogP contribution in [0, 0.1) is 23.4 Å². The Morgan fingerprint density at radius 1 is 1.20 bits per heavy atom. The summed E-state index contributed by atoms with van der Waals surface area (Å²) in [6.07, 6.45) is 3.76. The Bertz CT molecular complexity index is 484. The van der Waals surface area contributed by atoms with Crippen molar-refractivity contribution in [2.45, 2.75) is 31.7 Å². The van der Waals surface area contributed by atoms with Gasteiger partial charge in [0.2, 0.25) is 0 Å². The average Bonchev–Trinajstić information content (AvgIpc) is 2.44. The van der Waals surface area contributed by atoms with Gasteiger partial charge < -0.3 is 11.1 Å². The Hall–Kier alpha value is -1.56. The van der Waals surface area contributed by atoms with E-state index in [2.05, 4.69) is 5.32 Å². The van der Waals surface area contributed by atoms with E-state index < -0.39 is 23.4 Å². The molecule has 0 radical (unpaired) electrons. The predicted molar refractivity (Wildman–Crippen MR) is 68.6 cm³/mol. The molecule has 0 aliphatic heterocycles. The van der Waals surface area contributed by atoms with Crippen molar-refractivity contribution in [3.8, 4) is 0 Å². The van der Waals surface area contributed by atoms with Gasteiger partial charge in [0.15, 0.2) is 17.5 Å². The van der Waals surface area contributed by atoms with E-state index in [1.54, 1.807) is 0 Å². The number of benzene rings is 1. The number of hydrogen-bond acceptors (Lipinski definition) is 2. The summed E-state index contributed by atoms with van der Waals surface area (Å²) in [4.78, 5) is 12.0. The molecule has 2 atom stereocenters. The van der Waals surface area contributed by atoms with E-state index in [4.69, 9.17) is 5.73 Å². The van der Waals surface area contributed by atoms with E-state index >= 15 is 0 Å². The second-order valence-electron chi connectivity index (χ2n) is 5.11. The second-order valence-corrected chi connectivity index (χ2v) is 5.11. The third-order valence-corrected chi connectivity index (χ3v) is 3.77. The van der Waals surface area contributed by atoms with Crippen LogP contribution in [0.25, 0.3) is 0 Å². The molecule has 1 amide bonds.